The van der Waals surface area contributed by atoms with Gasteiger partial charge in [0.15, 0.2) is 0 Å². The highest BCUT2D eigenvalue weighted by molar-refractivity contribution is 8.18. The van der Waals surface area contributed by atoms with Crippen molar-refractivity contribution in [2.45, 2.75) is 26.4 Å². The van der Waals surface area contributed by atoms with Crippen LogP contribution >= 0.6 is 23.4 Å². The molecule has 1 fully saturated rings. The van der Waals surface area contributed by atoms with Crippen molar-refractivity contribution in [2.75, 3.05) is 13.1 Å². The molecule has 0 spiro atoms. The average Bonchev–Trinajstić information content (AvgIpc) is 3.37. The molecular weight excluding hydrogens is 530 g/mol. The number of carbonyl (C=O) groups is 3. The number of hydrogen-bond acceptors (Lipinski definition) is 4. The van der Waals surface area contributed by atoms with Gasteiger partial charge >= 0.3 is 0 Å². The molecule has 3 aromatic carbocycles. The molecule has 0 radical (unpaired) electrons. The van der Waals surface area contributed by atoms with Gasteiger partial charge in [-0.05, 0) is 60.0 Å². The van der Waals surface area contributed by atoms with Crippen molar-refractivity contribution in [3.05, 3.63) is 111 Å². The molecule has 2 aliphatic heterocycles. The van der Waals surface area contributed by atoms with E-state index < -0.39 is 11.1 Å². The van der Waals surface area contributed by atoms with Gasteiger partial charge in [-0.1, -0.05) is 72.3 Å². The Kier molecular flexibility index (Phi) is 6.79. The molecule has 0 unspecified atom stereocenters. The number of para-hydroxylation sites is 1. The first-order valence-electron chi connectivity index (χ1n) is 12.8. The quantitative estimate of drug-likeness (QED) is 0.272. The normalized spacial score (nSPS) is 16.4. The van der Waals surface area contributed by atoms with Crippen molar-refractivity contribution in [1.82, 2.24) is 14.4 Å². The minimum Gasteiger partial charge on any atom is -0.340 e. The first-order chi connectivity index (χ1) is 18.9. The van der Waals surface area contributed by atoms with Crippen molar-refractivity contribution in [1.29, 1.82) is 0 Å². The van der Waals surface area contributed by atoms with E-state index in [1.807, 2.05) is 73.7 Å². The minimum absolute atomic E-state index is 0.222. The summed E-state index contributed by atoms with van der Waals surface area (Å²) in [5, 5.41) is 1.26. The van der Waals surface area contributed by atoms with E-state index in [1.54, 1.807) is 11.0 Å². The molecule has 3 amide bonds. The second-order valence-electron chi connectivity index (χ2n) is 9.80. The van der Waals surface area contributed by atoms with E-state index in [9.17, 15) is 14.4 Å². The van der Waals surface area contributed by atoms with Gasteiger partial charge < -0.3 is 9.47 Å². The van der Waals surface area contributed by atoms with E-state index in [0.29, 0.717) is 29.6 Å². The monoisotopic (exact) mass is 555 g/mol. The highest BCUT2D eigenvalue weighted by Crippen LogP contribution is 2.36. The Morgan fingerprint density at radius 3 is 2.51 bits per heavy atom. The summed E-state index contributed by atoms with van der Waals surface area (Å²) in [7, 11) is 0. The molecule has 8 heteroatoms. The lowest BCUT2D eigenvalue weighted by Gasteiger charge is -2.29. The zero-order chi connectivity index (χ0) is 27.1. The highest BCUT2D eigenvalue weighted by Gasteiger charge is 2.38. The Hall–Kier alpha value is -3.81. The number of nitrogens with zero attached hydrogens (tertiary/aromatic N) is 3. The van der Waals surface area contributed by atoms with Crippen LogP contribution in [0.5, 0.6) is 0 Å². The Bertz CT molecular complexity index is 1670. The molecule has 0 N–H and O–H groups in total. The smallest absolute Gasteiger partial charge is 0.294 e. The molecule has 6 rings (SSSR count). The number of amides is 3. The van der Waals surface area contributed by atoms with Gasteiger partial charge in [0.25, 0.3) is 11.1 Å². The molecule has 6 nitrogen and oxygen atoms in total. The zero-order valence-electron chi connectivity index (χ0n) is 21.4. The molecule has 4 aromatic rings. The van der Waals surface area contributed by atoms with Crippen LogP contribution < -0.4 is 0 Å². The molecule has 0 saturated carbocycles. The van der Waals surface area contributed by atoms with Crippen LogP contribution in [0.15, 0.2) is 77.7 Å². The highest BCUT2D eigenvalue weighted by atomic mass is 35.5. The lowest BCUT2D eigenvalue weighted by molar-refractivity contribution is -0.136. The average molecular weight is 556 g/mol. The van der Waals surface area contributed by atoms with Crippen LogP contribution in [0.4, 0.5) is 4.79 Å². The lowest BCUT2D eigenvalue weighted by Crippen LogP contribution is -2.44. The van der Waals surface area contributed by atoms with Gasteiger partial charge in [-0.25, -0.2) is 0 Å². The summed E-state index contributed by atoms with van der Waals surface area (Å²) in [6, 6.07) is 23.8. The first kappa shape index (κ1) is 25.5. The number of halogens is 1. The Labute approximate surface area is 235 Å². The number of aromatic nitrogens is 1. The fourth-order valence-electron chi connectivity index (χ4n) is 5.35. The summed E-state index contributed by atoms with van der Waals surface area (Å²) < 4.78 is 2.17. The molecule has 196 valence electrons. The maximum atomic E-state index is 13.3. The zero-order valence-corrected chi connectivity index (χ0v) is 23.0. The number of rotatable bonds is 5. The van der Waals surface area contributed by atoms with Crippen LogP contribution in [0.2, 0.25) is 5.02 Å². The Morgan fingerprint density at radius 1 is 0.974 bits per heavy atom. The van der Waals surface area contributed by atoms with Crippen LogP contribution in [0.25, 0.3) is 17.0 Å². The summed E-state index contributed by atoms with van der Waals surface area (Å²) in [6.45, 7) is 3.40. The van der Waals surface area contributed by atoms with Crippen molar-refractivity contribution in [2.24, 2.45) is 0 Å². The summed E-state index contributed by atoms with van der Waals surface area (Å²) in [6.07, 6.45) is 2.55. The van der Waals surface area contributed by atoms with Crippen molar-refractivity contribution in [3.63, 3.8) is 0 Å². The van der Waals surface area contributed by atoms with Gasteiger partial charge in [-0.3, -0.25) is 19.3 Å². The minimum atomic E-state index is -0.432. The van der Waals surface area contributed by atoms with Crippen molar-refractivity contribution in [3.8, 4) is 0 Å². The van der Waals surface area contributed by atoms with Crippen LogP contribution in [-0.4, -0.2) is 44.5 Å². The molecule has 1 saturated heterocycles. The predicted octanol–water partition coefficient (Wildman–Crippen LogP) is 6.27. The van der Waals surface area contributed by atoms with E-state index in [0.717, 1.165) is 56.4 Å². The predicted molar refractivity (Wildman–Crippen MR) is 155 cm³/mol. The number of fused-ring (bicyclic) bond motifs is 2. The van der Waals surface area contributed by atoms with E-state index in [4.69, 9.17) is 11.6 Å². The molecule has 2 aliphatic rings. The van der Waals surface area contributed by atoms with E-state index in [-0.39, 0.29) is 12.5 Å². The van der Waals surface area contributed by atoms with Gasteiger partial charge in [0, 0.05) is 46.8 Å². The van der Waals surface area contributed by atoms with Gasteiger partial charge in [0.1, 0.15) is 6.54 Å². The maximum absolute atomic E-state index is 13.3. The van der Waals surface area contributed by atoms with Crippen molar-refractivity contribution >= 4 is 57.4 Å². The van der Waals surface area contributed by atoms with Gasteiger partial charge in [-0.15, -0.1) is 0 Å². The molecule has 0 atom stereocenters. The number of carbonyl (C=O) groups excluding carboxylic acids is 3. The van der Waals surface area contributed by atoms with E-state index >= 15 is 0 Å². The summed E-state index contributed by atoms with van der Waals surface area (Å²) in [4.78, 5) is 42.4. The van der Waals surface area contributed by atoms with Crippen LogP contribution in [0, 0.1) is 6.92 Å². The fraction of sp³-hybridized carbons (Fsp3) is 0.194. The summed E-state index contributed by atoms with van der Waals surface area (Å²) in [5.74, 6) is -0.654. The third-order valence-corrected chi connectivity index (χ3v) is 8.77. The molecule has 39 heavy (non-hydrogen) atoms. The summed E-state index contributed by atoms with van der Waals surface area (Å²) >= 11 is 7.33. The fourth-order valence-corrected chi connectivity index (χ4v) is 6.37. The second kappa shape index (κ2) is 10.4. The maximum Gasteiger partial charge on any atom is 0.294 e. The largest absolute Gasteiger partial charge is 0.340 e. The SMILES string of the molecule is Cc1c(/C=C2\SC(=O)N(CC(=O)N3CCc4ccccc4C3)C2=O)c2ccccc2n1Cc1ccccc1Cl. The number of hydrogen-bond donors (Lipinski definition) is 0. The summed E-state index contributed by atoms with van der Waals surface area (Å²) in [5.41, 5.74) is 6.19. The Balaban J connectivity index is 1.26. The standard InChI is InChI=1S/C31H26ClN3O3S/c1-20-25(24-11-5-7-13-27(24)34(20)18-23-10-4-6-12-26(23)32)16-28-30(37)35(31(38)39-28)19-29(36)33-15-14-21-8-2-3-9-22(21)17-33/h2-13,16H,14-15,17-19H2,1H3/b28-16-. The number of thioether (sulfide) groups is 1. The van der Waals surface area contributed by atoms with Gasteiger partial charge in [0.05, 0.1) is 4.91 Å². The van der Waals surface area contributed by atoms with Crippen LogP contribution in [0.1, 0.15) is 27.9 Å². The van der Waals surface area contributed by atoms with Crippen molar-refractivity contribution < 1.29 is 14.4 Å². The topological polar surface area (TPSA) is 62.6 Å². The lowest BCUT2D eigenvalue weighted by atomic mass is 10.00. The van der Waals surface area contributed by atoms with Gasteiger partial charge in [0.2, 0.25) is 5.91 Å². The number of imide groups is 1. The second-order valence-corrected chi connectivity index (χ2v) is 11.2. The van der Waals surface area contributed by atoms with E-state index in [1.165, 1.54) is 5.56 Å². The van der Waals surface area contributed by atoms with Crippen LogP contribution in [-0.2, 0) is 29.1 Å². The third-order valence-electron chi connectivity index (χ3n) is 7.49. The molecule has 1 aromatic heterocycles. The molecule has 0 bridgehead atoms. The molecular formula is C31H26ClN3O3S. The first-order valence-corrected chi connectivity index (χ1v) is 14.0. The van der Waals surface area contributed by atoms with Crippen LogP contribution in [0.3, 0.4) is 0 Å². The molecule has 3 heterocycles. The number of benzene rings is 3. The Morgan fingerprint density at radius 2 is 1.69 bits per heavy atom. The van der Waals surface area contributed by atoms with Gasteiger partial charge in [-0.2, -0.15) is 0 Å². The third kappa shape index (κ3) is 4.77. The van der Waals surface area contributed by atoms with E-state index in [2.05, 4.69) is 10.6 Å². The molecule has 0 aliphatic carbocycles.